The zero-order valence-electron chi connectivity index (χ0n) is 15.4. The Balaban J connectivity index is 1.57. The fourth-order valence-corrected chi connectivity index (χ4v) is 2.65. The molecule has 0 spiro atoms. The first-order valence-corrected chi connectivity index (χ1v) is 8.88. The van der Waals surface area contributed by atoms with Crippen LogP contribution in [0.5, 0.6) is 0 Å². The molecule has 2 N–H and O–H groups in total. The molecule has 2 aromatic carbocycles. The fourth-order valence-electron chi connectivity index (χ4n) is 2.65. The summed E-state index contributed by atoms with van der Waals surface area (Å²) >= 11 is 0. The Hall–Kier alpha value is -3.54. The van der Waals surface area contributed by atoms with E-state index in [0.29, 0.717) is 35.6 Å². The van der Waals surface area contributed by atoms with Gasteiger partial charge in [-0.2, -0.15) is 0 Å². The summed E-state index contributed by atoms with van der Waals surface area (Å²) < 4.78 is 12.9. The number of aromatic nitrogens is 1. The Kier molecular flexibility index (Phi) is 6.11. The van der Waals surface area contributed by atoms with Gasteiger partial charge < -0.3 is 10.6 Å². The summed E-state index contributed by atoms with van der Waals surface area (Å²) in [5.41, 5.74) is 2.68. The van der Waals surface area contributed by atoms with Gasteiger partial charge in [-0.3, -0.25) is 9.59 Å². The van der Waals surface area contributed by atoms with Crippen LogP contribution in [0.25, 0.3) is 0 Å². The number of nitrogens with one attached hydrogen (secondary N) is 2. The average molecular weight is 377 g/mol. The lowest BCUT2D eigenvalue weighted by Gasteiger charge is -2.09. The Bertz CT molecular complexity index is 970. The van der Waals surface area contributed by atoms with Crippen LogP contribution in [0.3, 0.4) is 0 Å². The van der Waals surface area contributed by atoms with Gasteiger partial charge in [-0.15, -0.1) is 0 Å². The third kappa shape index (κ3) is 5.23. The number of anilines is 2. The molecule has 0 unspecified atom stereocenters. The zero-order valence-corrected chi connectivity index (χ0v) is 15.4. The van der Waals surface area contributed by atoms with Crippen molar-refractivity contribution in [2.45, 2.75) is 13.3 Å². The number of carbonyl (C=O) groups excluding carboxylic acids is 2. The number of benzene rings is 2. The minimum Gasteiger partial charge on any atom is -0.370 e. The van der Waals surface area contributed by atoms with Gasteiger partial charge in [-0.25, -0.2) is 9.37 Å². The standard InChI is InChI=1S/C22H20FN3O2/c1-15(27)17-4-8-20(9-5-17)26-22(28)18-11-13-25-21(14-18)24-12-10-16-2-6-19(23)7-3-16/h2-9,11,13-14H,10,12H2,1H3,(H,24,25)(H,26,28). The Morgan fingerprint density at radius 2 is 1.68 bits per heavy atom. The molecule has 0 saturated carbocycles. The number of ketones is 1. The second kappa shape index (κ2) is 8.90. The van der Waals surface area contributed by atoms with E-state index in [-0.39, 0.29) is 17.5 Å². The second-order valence-corrected chi connectivity index (χ2v) is 6.32. The average Bonchev–Trinajstić information content (AvgIpc) is 2.70. The van der Waals surface area contributed by atoms with Crippen molar-refractivity contribution >= 4 is 23.2 Å². The molecule has 0 radical (unpaired) electrons. The van der Waals surface area contributed by atoms with Gasteiger partial charge in [0.25, 0.3) is 5.91 Å². The van der Waals surface area contributed by atoms with Crippen LogP contribution in [0.2, 0.25) is 0 Å². The summed E-state index contributed by atoms with van der Waals surface area (Å²) in [6.45, 7) is 2.10. The van der Waals surface area contributed by atoms with Gasteiger partial charge in [0.15, 0.2) is 5.78 Å². The number of nitrogens with zero attached hydrogens (tertiary/aromatic N) is 1. The van der Waals surface area contributed by atoms with Crippen LogP contribution < -0.4 is 10.6 Å². The topological polar surface area (TPSA) is 71.1 Å². The number of hydrogen-bond donors (Lipinski definition) is 2. The van der Waals surface area contributed by atoms with Crippen molar-refractivity contribution in [1.82, 2.24) is 4.98 Å². The lowest BCUT2D eigenvalue weighted by Crippen LogP contribution is -2.13. The first kappa shape index (κ1) is 19.2. The van der Waals surface area contributed by atoms with E-state index in [1.807, 2.05) is 0 Å². The van der Waals surface area contributed by atoms with Crippen LogP contribution in [-0.4, -0.2) is 23.2 Å². The van der Waals surface area contributed by atoms with E-state index < -0.39 is 0 Å². The lowest BCUT2D eigenvalue weighted by molar-refractivity contribution is 0.101. The molecule has 5 nitrogen and oxygen atoms in total. The van der Waals surface area contributed by atoms with Gasteiger partial charge in [0.1, 0.15) is 11.6 Å². The summed E-state index contributed by atoms with van der Waals surface area (Å²) in [6.07, 6.45) is 2.27. The van der Waals surface area contributed by atoms with E-state index in [0.717, 1.165) is 5.56 Å². The van der Waals surface area contributed by atoms with Crippen LogP contribution in [0.15, 0.2) is 66.9 Å². The van der Waals surface area contributed by atoms with E-state index in [2.05, 4.69) is 15.6 Å². The van der Waals surface area contributed by atoms with Crippen molar-refractivity contribution in [2.24, 2.45) is 0 Å². The van der Waals surface area contributed by atoms with Gasteiger partial charge in [0, 0.05) is 29.6 Å². The van der Waals surface area contributed by atoms with Crippen LogP contribution >= 0.6 is 0 Å². The number of hydrogen-bond acceptors (Lipinski definition) is 4. The minimum absolute atomic E-state index is 0.0247. The minimum atomic E-state index is -0.264. The summed E-state index contributed by atoms with van der Waals surface area (Å²) in [5, 5.41) is 5.96. The number of rotatable bonds is 7. The first-order valence-electron chi connectivity index (χ1n) is 8.88. The monoisotopic (exact) mass is 377 g/mol. The van der Waals surface area contributed by atoms with E-state index in [4.69, 9.17) is 0 Å². The number of halogens is 1. The van der Waals surface area contributed by atoms with Crippen LogP contribution in [0.1, 0.15) is 33.2 Å². The highest BCUT2D eigenvalue weighted by atomic mass is 19.1. The summed E-state index contributed by atoms with van der Waals surface area (Å²) in [4.78, 5) is 28.0. The Morgan fingerprint density at radius 3 is 2.36 bits per heavy atom. The van der Waals surface area contributed by atoms with Crippen molar-refractivity contribution in [2.75, 3.05) is 17.2 Å². The third-order valence-electron chi connectivity index (χ3n) is 4.20. The molecule has 0 aliphatic rings. The molecule has 6 heteroatoms. The molecule has 0 fully saturated rings. The van der Waals surface area contributed by atoms with Crippen LogP contribution in [0.4, 0.5) is 15.9 Å². The highest BCUT2D eigenvalue weighted by Gasteiger charge is 2.08. The zero-order chi connectivity index (χ0) is 19.9. The van der Waals surface area contributed by atoms with E-state index in [1.165, 1.54) is 19.1 Å². The Morgan fingerprint density at radius 1 is 0.964 bits per heavy atom. The van der Waals surface area contributed by atoms with Crippen molar-refractivity contribution in [1.29, 1.82) is 0 Å². The van der Waals surface area contributed by atoms with Crippen LogP contribution in [-0.2, 0) is 6.42 Å². The van der Waals surface area contributed by atoms with Crippen molar-refractivity contribution in [3.63, 3.8) is 0 Å². The molecule has 142 valence electrons. The molecule has 1 heterocycles. The highest BCUT2D eigenvalue weighted by Crippen LogP contribution is 2.13. The second-order valence-electron chi connectivity index (χ2n) is 6.32. The molecule has 3 rings (SSSR count). The summed E-state index contributed by atoms with van der Waals surface area (Å²) in [6, 6.07) is 16.4. The predicted molar refractivity (Wildman–Crippen MR) is 107 cm³/mol. The fraction of sp³-hybridized carbons (Fsp3) is 0.136. The maximum Gasteiger partial charge on any atom is 0.255 e. The van der Waals surface area contributed by atoms with E-state index in [9.17, 15) is 14.0 Å². The normalized spacial score (nSPS) is 10.4. The molecule has 3 aromatic rings. The quantitative estimate of drug-likeness (QED) is 0.601. The largest absolute Gasteiger partial charge is 0.370 e. The van der Waals surface area contributed by atoms with Crippen molar-refractivity contribution in [3.05, 3.63) is 89.4 Å². The van der Waals surface area contributed by atoms with E-state index >= 15 is 0 Å². The molecule has 1 aromatic heterocycles. The van der Waals surface area contributed by atoms with Gasteiger partial charge >= 0.3 is 0 Å². The predicted octanol–water partition coefficient (Wildman–Crippen LogP) is 4.33. The van der Waals surface area contributed by atoms with Gasteiger partial charge in [-0.05, 0) is 67.4 Å². The molecular formula is C22H20FN3O2. The van der Waals surface area contributed by atoms with Crippen molar-refractivity contribution in [3.8, 4) is 0 Å². The molecule has 0 atom stereocenters. The molecule has 0 aliphatic carbocycles. The SMILES string of the molecule is CC(=O)c1ccc(NC(=O)c2ccnc(NCCc3ccc(F)cc3)c2)cc1. The summed E-state index contributed by atoms with van der Waals surface area (Å²) in [5.74, 6) is 0.0395. The maximum absolute atomic E-state index is 12.9. The van der Waals surface area contributed by atoms with E-state index in [1.54, 1.807) is 54.7 Å². The molecular weight excluding hydrogens is 357 g/mol. The third-order valence-corrected chi connectivity index (χ3v) is 4.20. The molecule has 28 heavy (non-hydrogen) atoms. The number of amides is 1. The molecule has 0 saturated heterocycles. The highest BCUT2D eigenvalue weighted by molar-refractivity contribution is 6.05. The van der Waals surface area contributed by atoms with Gasteiger partial charge in [0.05, 0.1) is 0 Å². The number of carbonyl (C=O) groups is 2. The number of Topliss-reactive ketones (excluding diaryl/α,β-unsaturated/α-hetero) is 1. The summed E-state index contributed by atoms with van der Waals surface area (Å²) in [7, 11) is 0. The Labute approximate surface area is 162 Å². The molecule has 0 bridgehead atoms. The molecule has 1 amide bonds. The van der Waals surface area contributed by atoms with Crippen LogP contribution in [0, 0.1) is 5.82 Å². The van der Waals surface area contributed by atoms with Gasteiger partial charge in [0.2, 0.25) is 0 Å². The molecule has 0 aliphatic heterocycles. The van der Waals surface area contributed by atoms with Crippen molar-refractivity contribution < 1.29 is 14.0 Å². The lowest BCUT2D eigenvalue weighted by atomic mass is 10.1. The maximum atomic E-state index is 12.9. The number of pyridine rings is 1. The first-order chi connectivity index (χ1) is 13.5. The van der Waals surface area contributed by atoms with Gasteiger partial charge in [-0.1, -0.05) is 12.1 Å². The smallest absolute Gasteiger partial charge is 0.255 e.